The summed E-state index contributed by atoms with van der Waals surface area (Å²) in [5.74, 6) is -0.0916. The quantitative estimate of drug-likeness (QED) is 0.391. The van der Waals surface area contributed by atoms with E-state index in [0.29, 0.717) is 10.3 Å². The molecule has 2 aromatic heterocycles. The number of rotatable bonds is 4. The normalized spacial score (nSPS) is 12.3. The van der Waals surface area contributed by atoms with E-state index in [4.69, 9.17) is 11.6 Å². The van der Waals surface area contributed by atoms with Gasteiger partial charge in [0.15, 0.2) is 5.16 Å². The zero-order valence-electron chi connectivity index (χ0n) is 13.5. The maximum Gasteiger partial charge on any atom is 0.237 e. The maximum atomic E-state index is 12.3. The van der Waals surface area contributed by atoms with Gasteiger partial charge in [0.2, 0.25) is 5.91 Å². The van der Waals surface area contributed by atoms with E-state index in [9.17, 15) is 4.79 Å². The predicted octanol–water partition coefficient (Wildman–Crippen LogP) is 5.08. The molecule has 0 aliphatic heterocycles. The molecule has 1 aromatic carbocycles. The Labute approximate surface area is 153 Å². The molecule has 1 N–H and O–H groups in total. The van der Waals surface area contributed by atoms with Crippen molar-refractivity contribution in [2.75, 3.05) is 5.32 Å². The summed E-state index contributed by atoms with van der Waals surface area (Å²) in [6.45, 7) is 5.84. The third-order valence-corrected chi connectivity index (χ3v) is 5.61. The van der Waals surface area contributed by atoms with Crippen LogP contribution in [-0.2, 0) is 4.79 Å². The monoisotopic (exact) mass is 377 g/mol. The first-order valence-corrected chi connectivity index (χ1v) is 9.47. The first-order chi connectivity index (χ1) is 11.4. The highest BCUT2D eigenvalue weighted by Crippen LogP contribution is 2.31. The Morgan fingerprint density at radius 3 is 2.67 bits per heavy atom. The molecule has 0 fully saturated rings. The zero-order valence-corrected chi connectivity index (χ0v) is 15.9. The fraction of sp³-hybridized carbons (Fsp3) is 0.235. The highest BCUT2D eigenvalue weighted by atomic mass is 35.5. The largest absolute Gasteiger partial charge is 0.325 e. The van der Waals surface area contributed by atoms with Gasteiger partial charge in [0, 0.05) is 16.0 Å². The molecule has 3 aromatic rings. The Balaban J connectivity index is 1.72. The summed E-state index contributed by atoms with van der Waals surface area (Å²) in [6.07, 6.45) is 0. The number of hydrogen-bond acceptors (Lipinski definition) is 5. The topological polar surface area (TPSA) is 54.9 Å². The second kappa shape index (κ2) is 7.09. The summed E-state index contributed by atoms with van der Waals surface area (Å²) < 4.78 is 0. The molecular weight excluding hydrogens is 362 g/mol. The summed E-state index contributed by atoms with van der Waals surface area (Å²) in [5, 5.41) is 4.37. The van der Waals surface area contributed by atoms with Crippen molar-refractivity contribution in [1.29, 1.82) is 0 Å². The van der Waals surface area contributed by atoms with E-state index in [1.807, 2.05) is 51.1 Å². The molecule has 24 heavy (non-hydrogen) atoms. The fourth-order valence-electron chi connectivity index (χ4n) is 2.13. The number of nitrogens with one attached hydrogen (secondary N) is 1. The number of thioether (sulfide) groups is 1. The number of aromatic nitrogens is 2. The van der Waals surface area contributed by atoms with Crippen LogP contribution in [0.3, 0.4) is 0 Å². The van der Waals surface area contributed by atoms with Crippen LogP contribution in [0.2, 0.25) is 5.15 Å². The van der Waals surface area contributed by atoms with Gasteiger partial charge in [-0.2, -0.15) is 0 Å². The molecule has 0 aliphatic rings. The van der Waals surface area contributed by atoms with Crippen LogP contribution >= 0.6 is 34.7 Å². The van der Waals surface area contributed by atoms with Crippen molar-refractivity contribution in [2.24, 2.45) is 0 Å². The van der Waals surface area contributed by atoms with Crippen molar-refractivity contribution in [3.63, 3.8) is 0 Å². The van der Waals surface area contributed by atoms with Crippen molar-refractivity contribution < 1.29 is 4.79 Å². The number of amides is 1. The first kappa shape index (κ1) is 17.2. The molecule has 0 bridgehead atoms. The molecule has 3 rings (SSSR count). The molecule has 4 nitrogen and oxygen atoms in total. The summed E-state index contributed by atoms with van der Waals surface area (Å²) in [7, 11) is 0. The van der Waals surface area contributed by atoms with E-state index in [1.54, 1.807) is 11.3 Å². The lowest BCUT2D eigenvalue weighted by molar-refractivity contribution is -0.115. The number of carbonyl (C=O) groups excluding carboxylic acids is 1. The van der Waals surface area contributed by atoms with Crippen molar-refractivity contribution in [3.05, 3.63) is 45.9 Å². The van der Waals surface area contributed by atoms with Crippen molar-refractivity contribution >= 4 is 56.5 Å². The predicted molar refractivity (Wildman–Crippen MR) is 102 cm³/mol. The van der Waals surface area contributed by atoms with E-state index >= 15 is 0 Å². The zero-order chi connectivity index (χ0) is 17.3. The molecule has 124 valence electrons. The van der Waals surface area contributed by atoms with Crippen LogP contribution in [0.25, 0.3) is 10.2 Å². The lowest BCUT2D eigenvalue weighted by Gasteiger charge is -2.11. The summed E-state index contributed by atoms with van der Waals surface area (Å²) in [5.41, 5.74) is 1.93. The van der Waals surface area contributed by atoms with Crippen LogP contribution in [0.4, 0.5) is 5.69 Å². The van der Waals surface area contributed by atoms with Crippen molar-refractivity contribution in [2.45, 2.75) is 31.2 Å². The summed E-state index contributed by atoms with van der Waals surface area (Å²) in [6, 6.07) is 9.67. The number of halogens is 1. The van der Waals surface area contributed by atoms with Crippen LogP contribution in [0.15, 0.2) is 35.5 Å². The number of fused-ring (bicyclic) bond motifs is 1. The second-order valence-corrected chi connectivity index (χ2v) is 8.39. The van der Waals surface area contributed by atoms with E-state index in [-0.39, 0.29) is 11.2 Å². The molecule has 1 atom stereocenters. The molecule has 2 heterocycles. The van der Waals surface area contributed by atoms with Crippen LogP contribution in [-0.4, -0.2) is 21.1 Å². The fourth-order valence-corrected chi connectivity index (χ4v) is 4.17. The van der Waals surface area contributed by atoms with Crippen LogP contribution in [0.5, 0.6) is 0 Å². The molecule has 1 amide bonds. The first-order valence-electron chi connectivity index (χ1n) is 7.40. The Morgan fingerprint density at radius 1 is 1.25 bits per heavy atom. The van der Waals surface area contributed by atoms with Gasteiger partial charge < -0.3 is 5.32 Å². The molecular formula is C17H16ClN3OS2. The standard InChI is InChI=1S/C17H16ClN3OS2/c1-9-4-6-12(7-5-9)19-15(22)11(3)24-17-20-14(18)13-8-10(2)23-16(13)21-17/h4-8,11H,1-3H3,(H,19,22). The molecule has 0 radical (unpaired) electrons. The average molecular weight is 378 g/mol. The smallest absolute Gasteiger partial charge is 0.237 e. The Kier molecular flexibility index (Phi) is 5.08. The van der Waals surface area contributed by atoms with Gasteiger partial charge in [0.25, 0.3) is 0 Å². The third-order valence-electron chi connectivity index (χ3n) is 3.42. The molecule has 0 aliphatic carbocycles. The van der Waals surface area contributed by atoms with Gasteiger partial charge in [-0.1, -0.05) is 41.1 Å². The Hall–Kier alpha value is -1.63. The summed E-state index contributed by atoms with van der Waals surface area (Å²) >= 11 is 9.10. The van der Waals surface area contributed by atoms with Crippen molar-refractivity contribution in [1.82, 2.24) is 9.97 Å². The lowest BCUT2D eigenvalue weighted by Crippen LogP contribution is -2.22. The van der Waals surface area contributed by atoms with Gasteiger partial charge in [0.05, 0.1) is 5.25 Å². The van der Waals surface area contributed by atoms with Gasteiger partial charge in [-0.3, -0.25) is 4.79 Å². The van der Waals surface area contributed by atoms with Crippen LogP contribution < -0.4 is 5.32 Å². The summed E-state index contributed by atoms with van der Waals surface area (Å²) in [4.78, 5) is 23.1. The lowest BCUT2D eigenvalue weighted by atomic mass is 10.2. The molecule has 7 heteroatoms. The van der Waals surface area contributed by atoms with Gasteiger partial charge in [-0.05, 0) is 39.0 Å². The second-order valence-electron chi connectivity index (χ2n) is 5.49. The van der Waals surface area contributed by atoms with Crippen LogP contribution in [0.1, 0.15) is 17.4 Å². The van der Waals surface area contributed by atoms with Gasteiger partial charge in [-0.15, -0.1) is 11.3 Å². The number of anilines is 1. The SMILES string of the molecule is Cc1ccc(NC(=O)C(C)Sc2nc(Cl)c3cc(C)sc3n2)cc1. The number of aryl methyl sites for hydroxylation is 2. The highest BCUT2D eigenvalue weighted by Gasteiger charge is 2.18. The Morgan fingerprint density at radius 2 is 1.96 bits per heavy atom. The molecule has 0 saturated heterocycles. The van der Waals surface area contributed by atoms with Crippen LogP contribution in [0, 0.1) is 13.8 Å². The number of benzene rings is 1. The highest BCUT2D eigenvalue weighted by molar-refractivity contribution is 8.00. The average Bonchev–Trinajstić information content (AvgIpc) is 2.90. The number of hydrogen-bond donors (Lipinski definition) is 1. The molecule has 0 spiro atoms. The van der Waals surface area contributed by atoms with E-state index in [2.05, 4.69) is 15.3 Å². The van der Waals surface area contributed by atoms with Gasteiger partial charge in [0.1, 0.15) is 9.98 Å². The van der Waals surface area contributed by atoms with Gasteiger partial charge >= 0.3 is 0 Å². The van der Waals surface area contributed by atoms with E-state index < -0.39 is 0 Å². The Bertz CT molecular complexity index is 893. The third kappa shape index (κ3) is 3.88. The number of nitrogens with zero attached hydrogens (tertiary/aromatic N) is 2. The molecule has 1 unspecified atom stereocenters. The minimum absolute atomic E-state index is 0.0916. The van der Waals surface area contributed by atoms with E-state index in [1.165, 1.54) is 11.8 Å². The minimum atomic E-state index is -0.333. The number of thiophene rings is 1. The van der Waals surface area contributed by atoms with Crippen molar-refractivity contribution in [3.8, 4) is 0 Å². The molecule has 0 saturated carbocycles. The van der Waals surface area contributed by atoms with Gasteiger partial charge in [-0.25, -0.2) is 9.97 Å². The number of carbonyl (C=O) groups is 1. The minimum Gasteiger partial charge on any atom is -0.325 e. The maximum absolute atomic E-state index is 12.3. The van der Waals surface area contributed by atoms with E-state index in [0.717, 1.165) is 26.3 Å².